The highest BCUT2D eigenvalue weighted by Gasteiger charge is 2.15. The Kier molecular flexibility index (Phi) is 9.08. The van der Waals surface area contributed by atoms with Crippen molar-refractivity contribution in [1.29, 1.82) is 0 Å². The van der Waals surface area contributed by atoms with Crippen molar-refractivity contribution in [2.75, 3.05) is 6.61 Å². The minimum absolute atomic E-state index is 0.119. The Morgan fingerprint density at radius 3 is 2.57 bits per heavy atom. The summed E-state index contributed by atoms with van der Waals surface area (Å²) in [5.41, 5.74) is 1.87. The number of hydrogen-bond donors (Lipinski definition) is 2. The van der Waals surface area contributed by atoms with E-state index >= 15 is 0 Å². The van der Waals surface area contributed by atoms with Gasteiger partial charge in [-0.1, -0.05) is 32.0 Å². The van der Waals surface area contributed by atoms with E-state index in [4.69, 9.17) is 9.47 Å². The number of carbonyl (C=O) groups excluding carboxylic acids is 1. The minimum atomic E-state index is -0.672. The molecular formula is C23H29NO5S. The second kappa shape index (κ2) is 11.5. The van der Waals surface area contributed by atoms with Gasteiger partial charge in [-0.2, -0.15) is 0 Å². The molecule has 0 saturated carbocycles. The Morgan fingerprint density at radius 2 is 1.97 bits per heavy atom. The van der Waals surface area contributed by atoms with Gasteiger partial charge in [0, 0.05) is 29.4 Å². The lowest BCUT2D eigenvalue weighted by molar-refractivity contribution is -0.142. The number of para-hydroxylation sites is 1. The quantitative estimate of drug-likeness (QED) is 0.299. The molecule has 1 heterocycles. The van der Waals surface area contributed by atoms with Gasteiger partial charge in [0.15, 0.2) is 0 Å². The average molecular weight is 432 g/mol. The molecule has 0 aliphatic rings. The van der Waals surface area contributed by atoms with E-state index in [2.05, 4.69) is 4.98 Å². The molecule has 162 valence electrons. The van der Waals surface area contributed by atoms with Crippen molar-refractivity contribution in [3.8, 4) is 5.75 Å². The Hall–Kier alpha value is -2.64. The van der Waals surface area contributed by atoms with Gasteiger partial charge >= 0.3 is 5.97 Å². The van der Waals surface area contributed by atoms with Crippen LogP contribution >= 0.6 is 11.3 Å². The van der Waals surface area contributed by atoms with Gasteiger partial charge in [0.05, 0.1) is 18.7 Å². The average Bonchev–Trinajstić information content (AvgIpc) is 3.22. The van der Waals surface area contributed by atoms with Gasteiger partial charge < -0.3 is 19.7 Å². The van der Waals surface area contributed by atoms with E-state index in [9.17, 15) is 15.0 Å². The van der Waals surface area contributed by atoms with Crippen LogP contribution in [0.3, 0.4) is 0 Å². The topological polar surface area (TPSA) is 88.9 Å². The number of carbonyl (C=O) groups is 1. The number of allylic oxidation sites excluding steroid dienone is 4. The maximum Gasteiger partial charge on any atom is 0.310 e. The molecule has 2 N–H and O–H groups in total. The Labute approximate surface area is 181 Å². The third kappa shape index (κ3) is 6.43. The predicted molar refractivity (Wildman–Crippen MR) is 118 cm³/mol. The largest absolute Gasteiger partial charge is 0.512 e. The fraction of sp³-hybridized carbons (Fsp3) is 0.391. The van der Waals surface area contributed by atoms with Crippen LogP contribution in [0.2, 0.25) is 0 Å². The lowest BCUT2D eigenvalue weighted by atomic mass is 10.1. The highest BCUT2D eigenvalue weighted by molar-refractivity contribution is 7.09. The van der Waals surface area contributed by atoms with Crippen molar-refractivity contribution in [1.82, 2.24) is 4.98 Å². The number of aliphatic hydroxyl groups excluding tert-OH is 2. The van der Waals surface area contributed by atoms with Crippen LogP contribution in [0.4, 0.5) is 0 Å². The first-order chi connectivity index (χ1) is 14.4. The maximum absolute atomic E-state index is 11.9. The van der Waals surface area contributed by atoms with Gasteiger partial charge in [0.2, 0.25) is 0 Å². The van der Waals surface area contributed by atoms with Crippen molar-refractivity contribution < 1.29 is 24.5 Å². The zero-order valence-electron chi connectivity index (χ0n) is 17.8. The molecule has 0 fully saturated rings. The number of hydrogen-bond acceptors (Lipinski definition) is 7. The van der Waals surface area contributed by atoms with Crippen molar-refractivity contribution in [2.24, 2.45) is 0 Å². The molecule has 1 aromatic heterocycles. The van der Waals surface area contributed by atoms with Crippen molar-refractivity contribution in [3.63, 3.8) is 0 Å². The van der Waals surface area contributed by atoms with Crippen molar-refractivity contribution in [2.45, 2.75) is 53.1 Å². The summed E-state index contributed by atoms with van der Waals surface area (Å²) in [6.45, 7) is 7.56. The van der Waals surface area contributed by atoms with Gasteiger partial charge in [-0.3, -0.25) is 4.79 Å². The van der Waals surface area contributed by atoms with Gasteiger partial charge in [-0.05, 0) is 26.0 Å². The number of benzene rings is 1. The van der Waals surface area contributed by atoms with Gasteiger partial charge in [0.25, 0.3) is 0 Å². The van der Waals surface area contributed by atoms with Crippen LogP contribution in [-0.2, 0) is 16.0 Å². The van der Waals surface area contributed by atoms with Crippen LogP contribution in [0.25, 0.3) is 5.57 Å². The summed E-state index contributed by atoms with van der Waals surface area (Å²) < 4.78 is 11.2. The zero-order chi connectivity index (χ0) is 22.1. The fourth-order valence-electron chi connectivity index (χ4n) is 2.72. The van der Waals surface area contributed by atoms with Crippen LogP contribution in [-0.4, -0.2) is 27.8 Å². The molecule has 2 rings (SSSR count). The van der Waals surface area contributed by atoms with Gasteiger partial charge in [-0.25, -0.2) is 4.98 Å². The molecule has 1 aromatic carbocycles. The lowest BCUT2D eigenvalue weighted by Gasteiger charge is -2.14. The minimum Gasteiger partial charge on any atom is -0.512 e. The second-order valence-electron chi connectivity index (χ2n) is 6.62. The fourth-order valence-corrected chi connectivity index (χ4v) is 3.48. The summed E-state index contributed by atoms with van der Waals surface area (Å²) in [5, 5.41) is 22.6. The van der Waals surface area contributed by atoms with Crippen LogP contribution in [0.5, 0.6) is 5.75 Å². The lowest BCUT2D eigenvalue weighted by Crippen LogP contribution is -2.09. The molecule has 30 heavy (non-hydrogen) atoms. The molecule has 0 radical (unpaired) electrons. The molecule has 0 bridgehead atoms. The Bertz CT molecular complexity index is 914. The first-order valence-electron chi connectivity index (χ1n) is 10.1. The molecular weight excluding hydrogens is 402 g/mol. The van der Waals surface area contributed by atoms with Gasteiger partial charge in [-0.15, -0.1) is 11.3 Å². The number of aliphatic hydroxyl groups is 2. The number of thiazole rings is 1. The van der Waals surface area contributed by atoms with Crippen molar-refractivity contribution in [3.05, 3.63) is 63.5 Å². The van der Waals surface area contributed by atoms with E-state index in [1.54, 1.807) is 26.0 Å². The molecule has 0 aliphatic heterocycles. The molecule has 1 atom stereocenters. The van der Waals surface area contributed by atoms with E-state index in [1.807, 2.05) is 37.4 Å². The summed E-state index contributed by atoms with van der Waals surface area (Å²) in [6, 6.07) is 7.31. The van der Waals surface area contributed by atoms with E-state index < -0.39 is 6.10 Å². The first-order valence-corrected chi connectivity index (χ1v) is 10.9. The monoisotopic (exact) mass is 431 g/mol. The van der Waals surface area contributed by atoms with Crippen LogP contribution in [0.15, 0.2) is 47.2 Å². The standard InChI is InChI=1S/C23H29NO5S/c1-5-17(29-21-11-9-8-10-16(21)12-22(27)28-7-3)13-18(20(26)6-2)19-14-30-23(24-19)15(4)25/h8-11,13-15,25-26H,5-7,12H2,1-4H3/b17-13+,20-18-. The maximum atomic E-state index is 11.9. The molecule has 0 amide bonds. The molecule has 6 nitrogen and oxygen atoms in total. The number of nitrogens with zero attached hydrogens (tertiary/aromatic N) is 1. The number of esters is 1. The van der Waals surface area contributed by atoms with Crippen molar-refractivity contribution >= 4 is 22.9 Å². The van der Waals surface area contributed by atoms with E-state index in [0.29, 0.717) is 47.2 Å². The summed E-state index contributed by atoms with van der Waals surface area (Å²) in [7, 11) is 0. The molecule has 0 aliphatic carbocycles. The molecule has 1 unspecified atom stereocenters. The number of ether oxygens (including phenoxy) is 2. The smallest absolute Gasteiger partial charge is 0.310 e. The molecule has 0 saturated heterocycles. The normalized spacial score (nSPS) is 13.6. The van der Waals surface area contributed by atoms with Crippen LogP contribution in [0, 0.1) is 0 Å². The van der Waals surface area contributed by atoms with Crippen LogP contribution < -0.4 is 4.74 Å². The Balaban J connectivity index is 2.36. The van der Waals surface area contributed by atoms with E-state index in [0.717, 1.165) is 5.56 Å². The van der Waals surface area contributed by atoms with Crippen LogP contribution in [0.1, 0.15) is 62.9 Å². The third-order valence-corrected chi connectivity index (χ3v) is 5.32. The van der Waals surface area contributed by atoms with Gasteiger partial charge in [0.1, 0.15) is 28.4 Å². The number of aromatic nitrogens is 1. The zero-order valence-corrected chi connectivity index (χ0v) is 18.7. The van der Waals surface area contributed by atoms with E-state index in [-0.39, 0.29) is 18.1 Å². The summed E-state index contributed by atoms with van der Waals surface area (Å²) in [6.07, 6.45) is 2.22. The molecule has 0 spiro atoms. The highest BCUT2D eigenvalue weighted by Crippen LogP contribution is 2.29. The predicted octanol–water partition coefficient (Wildman–Crippen LogP) is 5.35. The summed E-state index contributed by atoms with van der Waals surface area (Å²) in [5.74, 6) is 1.06. The van der Waals surface area contributed by atoms with E-state index in [1.165, 1.54) is 11.3 Å². The summed E-state index contributed by atoms with van der Waals surface area (Å²) >= 11 is 1.34. The molecule has 7 heteroatoms. The molecule has 2 aromatic rings. The third-order valence-electron chi connectivity index (χ3n) is 4.31. The Morgan fingerprint density at radius 1 is 1.23 bits per heavy atom. The first kappa shape index (κ1) is 23.6. The second-order valence-corrected chi connectivity index (χ2v) is 7.51. The SMILES string of the molecule is CCOC(=O)Cc1ccccc1O/C(=C/C(=C(/O)CC)c1csc(C(C)O)n1)CC. The number of rotatable bonds is 10. The summed E-state index contributed by atoms with van der Waals surface area (Å²) in [4.78, 5) is 16.3. The highest BCUT2D eigenvalue weighted by atomic mass is 32.1.